The van der Waals surface area contributed by atoms with E-state index in [1.165, 1.54) is 0 Å². The Labute approximate surface area is 401 Å². The number of para-hydroxylation sites is 4. The van der Waals surface area contributed by atoms with E-state index in [1.54, 1.807) is 0 Å². The molecule has 12 rings (SSSR count). The number of hydrogen-bond acceptors (Lipinski definition) is 1. The molecule has 0 aliphatic carbocycles. The topological polar surface area (TPSA) is 76.4 Å². The first-order valence-corrected chi connectivity index (χ1v) is 22.0. The number of nitrogens with zero attached hydrogens (tertiary/aromatic N) is 7. The van der Waals surface area contributed by atoms with E-state index in [0.717, 1.165) is 94.7 Å². The molecule has 0 atom stereocenters. The molecule has 0 saturated carbocycles. The van der Waals surface area contributed by atoms with Gasteiger partial charge >= 0.3 is 21.1 Å². The quantitative estimate of drug-likeness (QED) is 0.110. The molecule has 0 fully saturated rings. The van der Waals surface area contributed by atoms with Crippen molar-refractivity contribution in [2.75, 3.05) is 0 Å². The Bertz CT molecular complexity index is 3760. The second-order valence-corrected chi connectivity index (χ2v) is 16.2. The van der Waals surface area contributed by atoms with Crippen LogP contribution >= 0.6 is 0 Å². The molecule has 0 aliphatic rings. The van der Waals surface area contributed by atoms with Gasteiger partial charge in [0, 0.05) is 38.8 Å². The largest absolute Gasteiger partial charge is 2.00 e. The average Bonchev–Trinajstić information content (AvgIpc) is 4.05. The maximum atomic E-state index is 11.1. The van der Waals surface area contributed by atoms with Crippen LogP contribution in [-0.2, 0) is 21.1 Å². The minimum atomic E-state index is -0.0951. The normalized spacial score (nSPS) is 11.6. The van der Waals surface area contributed by atoms with Crippen LogP contribution in [0.5, 0.6) is 0 Å². The van der Waals surface area contributed by atoms with Crippen LogP contribution in [0.4, 0.5) is 5.69 Å². The molecule has 3 heterocycles. The summed E-state index contributed by atoms with van der Waals surface area (Å²) in [6, 6.07) is 80.8. The summed E-state index contributed by atoms with van der Waals surface area (Å²) in [5.41, 5.74) is 13.7. The molecule has 8 heteroatoms. The molecule has 12 aromatic rings. The van der Waals surface area contributed by atoms with Crippen molar-refractivity contribution >= 4 is 61.2 Å². The number of benzene rings is 9. The Balaban J connectivity index is 0.00000494. The molecule has 0 amide bonds. The minimum Gasteiger partial charge on any atom is -0.464 e. The fraction of sp³-hybridized carbons (Fsp3) is 0. The SMILES string of the molecule is [N-]=C(N=C([N-]c1ccccc1)c1cccc(-c2ccc(-n3c4ccccc4c4c3ccc3c5c(nc(-c6ccccc6)n5-c5ccccc5)n(-c5ccccc5)c34)cc2)c1)c1ccccc1.[W+2]. The predicted molar refractivity (Wildman–Crippen MR) is 273 cm³/mol. The zero-order chi connectivity index (χ0) is 44.0. The molecule has 316 valence electrons. The molecule has 0 radical (unpaired) electrons. The molecule has 3 aromatic heterocycles. The molecular weight excluding hydrogens is 991 g/mol. The summed E-state index contributed by atoms with van der Waals surface area (Å²) in [7, 11) is 0. The van der Waals surface area contributed by atoms with E-state index in [9.17, 15) is 5.41 Å². The predicted octanol–water partition coefficient (Wildman–Crippen LogP) is 14.9. The summed E-state index contributed by atoms with van der Waals surface area (Å²) in [6.07, 6.45) is 0. The van der Waals surface area contributed by atoms with Gasteiger partial charge in [-0.1, -0.05) is 188 Å². The van der Waals surface area contributed by atoms with Crippen LogP contribution in [0.2, 0.25) is 0 Å². The molecule has 0 aliphatic heterocycles. The van der Waals surface area contributed by atoms with Gasteiger partial charge < -0.3 is 20.3 Å². The fourth-order valence-electron chi connectivity index (χ4n) is 9.27. The number of imidazole rings is 1. The molecule has 0 saturated heterocycles. The Morgan fingerprint density at radius 2 is 1.00 bits per heavy atom. The third kappa shape index (κ3) is 7.36. The van der Waals surface area contributed by atoms with Gasteiger partial charge in [0.15, 0.2) is 5.65 Å². The van der Waals surface area contributed by atoms with Gasteiger partial charge in [-0.25, -0.2) is 4.98 Å². The zero-order valence-electron chi connectivity index (χ0n) is 36.1. The summed E-state index contributed by atoms with van der Waals surface area (Å²) in [5, 5.41) is 19.4. The van der Waals surface area contributed by atoms with Crippen LogP contribution in [0, 0.1) is 0 Å². The number of rotatable bonds is 8. The van der Waals surface area contributed by atoms with Crippen LogP contribution in [0.3, 0.4) is 0 Å². The second-order valence-electron chi connectivity index (χ2n) is 16.2. The molecule has 0 N–H and O–H groups in total. The van der Waals surface area contributed by atoms with E-state index in [1.807, 2.05) is 78.9 Å². The summed E-state index contributed by atoms with van der Waals surface area (Å²) in [4.78, 5) is 10.2. The van der Waals surface area contributed by atoms with E-state index in [0.29, 0.717) is 11.4 Å². The Hall–Kier alpha value is -8.38. The smallest absolute Gasteiger partial charge is 0.464 e. The van der Waals surface area contributed by atoms with E-state index in [2.05, 4.69) is 176 Å². The van der Waals surface area contributed by atoms with Crippen molar-refractivity contribution in [2.24, 2.45) is 4.99 Å². The monoisotopic (exact) mass is 1030 g/mol. The van der Waals surface area contributed by atoms with Crippen molar-refractivity contribution in [2.45, 2.75) is 0 Å². The zero-order valence-corrected chi connectivity index (χ0v) is 39.0. The maximum absolute atomic E-state index is 11.1. The van der Waals surface area contributed by atoms with Crippen molar-refractivity contribution in [3.8, 4) is 39.6 Å². The van der Waals surface area contributed by atoms with Crippen LogP contribution in [0.15, 0.2) is 242 Å². The molecule has 0 unspecified atom stereocenters. The third-order valence-electron chi connectivity index (χ3n) is 12.2. The van der Waals surface area contributed by atoms with E-state index in [-0.39, 0.29) is 26.9 Å². The summed E-state index contributed by atoms with van der Waals surface area (Å²) >= 11 is 0. The van der Waals surface area contributed by atoms with Crippen LogP contribution in [-0.4, -0.2) is 30.4 Å². The Kier molecular flexibility index (Phi) is 10.8. The van der Waals surface area contributed by atoms with Crippen molar-refractivity contribution in [1.29, 1.82) is 0 Å². The van der Waals surface area contributed by atoms with E-state index in [4.69, 9.17) is 10.3 Å². The first kappa shape index (κ1) is 41.3. The molecule has 7 nitrogen and oxygen atoms in total. The van der Waals surface area contributed by atoms with Crippen LogP contribution in [0.1, 0.15) is 11.1 Å². The fourth-order valence-corrected chi connectivity index (χ4v) is 9.27. The number of aliphatic imine (C=N–C) groups is 1. The van der Waals surface area contributed by atoms with Gasteiger partial charge in [0.25, 0.3) is 0 Å². The van der Waals surface area contributed by atoms with Gasteiger partial charge in [0.1, 0.15) is 11.3 Å². The number of amidine groups is 2. The van der Waals surface area contributed by atoms with Gasteiger partial charge in [-0.15, -0.1) is 0 Å². The summed E-state index contributed by atoms with van der Waals surface area (Å²) in [5.74, 6) is 1.21. The van der Waals surface area contributed by atoms with Gasteiger partial charge in [0.2, 0.25) is 0 Å². The second kappa shape index (κ2) is 17.5. The maximum Gasteiger partial charge on any atom is 2.00 e. The number of aromatic nitrogens is 4. The summed E-state index contributed by atoms with van der Waals surface area (Å²) in [6.45, 7) is 0. The number of fused-ring (bicyclic) bond motifs is 7. The molecule has 0 spiro atoms. The van der Waals surface area contributed by atoms with E-state index >= 15 is 0 Å². The van der Waals surface area contributed by atoms with Crippen LogP contribution in [0.25, 0.3) is 94.2 Å². The van der Waals surface area contributed by atoms with Crippen molar-refractivity contribution in [1.82, 2.24) is 18.7 Å². The first-order valence-electron chi connectivity index (χ1n) is 22.0. The third-order valence-corrected chi connectivity index (χ3v) is 12.2. The summed E-state index contributed by atoms with van der Waals surface area (Å²) < 4.78 is 7.04. The van der Waals surface area contributed by atoms with Crippen molar-refractivity contribution in [3.05, 3.63) is 258 Å². The van der Waals surface area contributed by atoms with Gasteiger partial charge in [0.05, 0.1) is 16.6 Å². The van der Waals surface area contributed by atoms with Crippen LogP contribution < -0.4 is 0 Å². The van der Waals surface area contributed by atoms with Gasteiger partial charge in [-0.2, -0.15) is 0 Å². The molecule has 9 aromatic carbocycles. The van der Waals surface area contributed by atoms with Gasteiger partial charge in [-0.3, -0.25) is 9.13 Å². The average molecular weight is 1030 g/mol. The standard InChI is InChI=1S/C59H39N7.W/c60-56(41-19-6-1-7-20-41)62-57(61-45-25-10-3-11-26-45)44-24-18-23-43(39-44)40-33-35-48(36-34-40)64-51-32-17-16-31-49(51)53-52(64)38-37-50-54(53)65(46-27-12-4-13-28-46)59-55(50)66(47-29-14-5-15-30-47)58(63-59)42-21-8-2-9-22-42;/h1-39H;/q-2;+2. The van der Waals surface area contributed by atoms with Crippen molar-refractivity contribution < 1.29 is 21.1 Å². The number of hydrogen-bond donors (Lipinski definition) is 0. The first-order chi connectivity index (χ1) is 32.7. The molecular formula is C59H39N7W. The van der Waals surface area contributed by atoms with Gasteiger partial charge in [-0.05, 0) is 88.6 Å². The Morgan fingerprint density at radius 3 is 1.70 bits per heavy atom. The Morgan fingerprint density at radius 1 is 0.433 bits per heavy atom. The minimum absolute atomic E-state index is 0. The molecule has 0 bridgehead atoms. The van der Waals surface area contributed by atoms with Crippen molar-refractivity contribution in [3.63, 3.8) is 0 Å². The molecule has 67 heavy (non-hydrogen) atoms. The van der Waals surface area contributed by atoms with E-state index < -0.39 is 0 Å².